The Morgan fingerprint density at radius 1 is 1.26 bits per heavy atom. The molecule has 0 radical (unpaired) electrons. The van der Waals surface area contributed by atoms with Gasteiger partial charge < -0.3 is 9.53 Å². The Labute approximate surface area is 117 Å². The predicted octanol–water partition coefficient (Wildman–Crippen LogP) is 4.31. The van der Waals surface area contributed by atoms with Gasteiger partial charge in [-0.3, -0.25) is 0 Å². The minimum Gasteiger partial charge on any atom is -0.369 e. The lowest BCUT2D eigenvalue weighted by Crippen LogP contribution is -2.39. The minimum atomic E-state index is -0.486. The summed E-state index contributed by atoms with van der Waals surface area (Å²) in [5.74, 6) is 0.710. The highest BCUT2D eigenvalue weighted by atomic mass is 16.5. The first-order valence-electron chi connectivity index (χ1n) is 7.44. The van der Waals surface area contributed by atoms with Gasteiger partial charge in [-0.1, -0.05) is 51.7 Å². The molecule has 0 bridgehead atoms. The SMILES string of the molecule is COC1(C(C=O)CCCCCC(C)C)C=CC=C1C. The average Bonchev–Trinajstić information content (AvgIpc) is 2.75. The van der Waals surface area contributed by atoms with E-state index in [0.29, 0.717) is 0 Å². The molecule has 0 saturated heterocycles. The summed E-state index contributed by atoms with van der Waals surface area (Å²) in [6.45, 7) is 6.55. The van der Waals surface area contributed by atoms with Gasteiger partial charge in [0.2, 0.25) is 0 Å². The first-order chi connectivity index (χ1) is 9.06. The van der Waals surface area contributed by atoms with Crippen molar-refractivity contribution in [1.82, 2.24) is 0 Å². The van der Waals surface area contributed by atoms with E-state index in [1.807, 2.05) is 25.2 Å². The van der Waals surface area contributed by atoms with Crippen LogP contribution in [0.5, 0.6) is 0 Å². The van der Waals surface area contributed by atoms with E-state index in [0.717, 1.165) is 30.6 Å². The van der Waals surface area contributed by atoms with Crippen LogP contribution in [0, 0.1) is 11.8 Å². The third kappa shape index (κ3) is 4.04. The van der Waals surface area contributed by atoms with Crippen molar-refractivity contribution in [1.29, 1.82) is 0 Å². The maximum atomic E-state index is 11.4. The fourth-order valence-electron chi connectivity index (χ4n) is 2.87. The van der Waals surface area contributed by atoms with Crippen LogP contribution in [0.2, 0.25) is 0 Å². The molecule has 2 heteroatoms. The second-order valence-corrected chi connectivity index (χ2v) is 5.98. The van der Waals surface area contributed by atoms with Crippen molar-refractivity contribution in [3.63, 3.8) is 0 Å². The van der Waals surface area contributed by atoms with Crippen molar-refractivity contribution in [3.8, 4) is 0 Å². The first-order valence-corrected chi connectivity index (χ1v) is 7.44. The predicted molar refractivity (Wildman–Crippen MR) is 80.1 cm³/mol. The van der Waals surface area contributed by atoms with Gasteiger partial charge in [0.15, 0.2) is 0 Å². The molecule has 2 atom stereocenters. The Bertz CT molecular complexity index is 341. The highest BCUT2D eigenvalue weighted by Crippen LogP contribution is 2.36. The van der Waals surface area contributed by atoms with Gasteiger partial charge in [-0.25, -0.2) is 0 Å². The zero-order chi connectivity index (χ0) is 14.3. The molecule has 1 aliphatic rings. The van der Waals surface area contributed by atoms with E-state index in [-0.39, 0.29) is 5.92 Å². The highest BCUT2D eigenvalue weighted by Gasteiger charge is 2.39. The van der Waals surface area contributed by atoms with E-state index >= 15 is 0 Å². The Morgan fingerprint density at radius 2 is 1.95 bits per heavy atom. The van der Waals surface area contributed by atoms with Crippen LogP contribution in [0.3, 0.4) is 0 Å². The summed E-state index contributed by atoms with van der Waals surface area (Å²) in [5, 5.41) is 0. The summed E-state index contributed by atoms with van der Waals surface area (Å²) in [7, 11) is 1.70. The van der Waals surface area contributed by atoms with Crippen LogP contribution in [-0.4, -0.2) is 19.0 Å². The number of carbonyl (C=O) groups is 1. The minimum absolute atomic E-state index is 0.0634. The molecule has 2 nitrogen and oxygen atoms in total. The fourth-order valence-corrected chi connectivity index (χ4v) is 2.87. The van der Waals surface area contributed by atoms with E-state index in [4.69, 9.17) is 4.74 Å². The van der Waals surface area contributed by atoms with Gasteiger partial charge in [-0.2, -0.15) is 0 Å². The molecule has 1 aliphatic carbocycles. The van der Waals surface area contributed by atoms with Crippen molar-refractivity contribution in [2.45, 2.75) is 58.5 Å². The second-order valence-electron chi connectivity index (χ2n) is 5.98. The number of ether oxygens (including phenoxy) is 1. The lowest BCUT2D eigenvalue weighted by Gasteiger charge is -2.33. The third-order valence-corrected chi connectivity index (χ3v) is 4.16. The molecule has 0 amide bonds. The highest BCUT2D eigenvalue weighted by molar-refractivity contribution is 5.60. The molecule has 0 saturated carbocycles. The Morgan fingerprint density at radius 3 is 2.42 bits per heavy atom. The summed E-state index contributed by atoms with van der Waals surface area (Å²) < 4.78 is 5.67. The largest absolute Gasteiger partial charge is 0.369 e. The fraction of sp³-hybridized carbons (Fsp3) is 0.706. The van der Waals surface area contributed by atoms with E-state index in [1.165, 1.54) is 19.3 Å². The Balaban J connectivity index is 2.47. The number of allylic oxidation sites excluding steroid dienone is 2. The van der Waals surface area contributed by atoms with E-state index in [9.17, 15) is 4.79 Å². The van der Waals surface area contributed by atoms with Crippen LogP contribution in [0.1, 0.15) is 52.9 Å². The number of methoxy groups -OCH3 is 1. The Hall–Kier alpha value is -0.890. The topological polar surface area (TPSA) is 26.3 Å². The van der Waals surface area contributed by atoms with Crippen molar-refractivity contribution in [2.75, 3.05) is 7.11 Å². The normalized spacial score (nSPS) is 23.7. The number of unbranched alkanes of at least 4 members (excludes halogenated alkanes) is 2. The van der Waals surface area contributed by atoms with Crippen LogP contribution in [-0.2, 0) is 9.53 Å². The van der Waals surface area contributed by atoms with Crippen LogP contribution in [0.15, 0.2) is 23.8 Å². The summed E-state index contributed by atoms with van der Waals surface area (Å²) in [6, 6.07) is 0. The smallest absolute Gasteiger partial charge is 0.126 e. The molecule has 0 aliphatic heterocycles. The second kappa shape index (κ2) is 7.64. The standard InChI is InChI=1S/C17H28O2/c1-14(2)9-6-5-7-11-16(13-18)17(19-4)12-8-10-15(17)3/h8,10,12-14,16H,5-7,9,11H2,1-4H3. The molecule has 108 valence electrons. The zero-order valence-corrected chi connectivity index (χ0v) is 12.8. The zero-order valence-electron chi connectivity index (χ0n) is 12.8. The summed E-state index contributed by atoms with van der Waals surface area (Å²) >= 11 is 0. The molecule has 0 aromatic carbocycles. The van der Waals surface area contributed by atoms with Gasteiger partial charge in [-0.15, -0.1) is 0 Å². The van der Waals surface area contributed by atoms with Gasteiger partial charge in [0, 0.05) is 7.11 Å². The van der Waals surface area contributed by atoms with Gasteiger partial charge in [0.1, 0.15) is 11.9 Å². The number of aldehydes is 1. The van der Waals surface area contributed by atoms with Gasteiger partial charge in [0.05, 0.1) is 5.92 Å². The monoisotopic (exact) mass is 264 g/mol. The lowest BCUT2D eigenvalue weighted by molar-refractivity contribution is -0.117. The molecule has 0 fully saturated rings. The maximum absolute atomic E-state index is 11.4. The Kier molecular flexibility index (Phi) is 6.50. The van der Waals surface area contributed by atoms with Gasteiger partial charge >= 0.3 is 0 Å². The molecule has 0 heterocycles. The van der Waals surface area contributed by atoms with Crippen LogP contribution in [0.25, 0.3) is 0 Å². The number of carbonyl (C=O) groups excluding carboxylic acids is 1. The first kappa shape index (κ1) is 16.2. The molecule has 2 unspecified atom stereocenters. The lowest BCUT2D eigenvalue weighted by atomic mass is 9.81. The van der Waals surface area contributed by atoms with Crippen LogP contribution < -0.4 is 0 Å². The number of hydrogen-bond donors (Lipinski definition) is 0. The molecule has 0 N–H and O–H groups in total. The van der Waals surface area contributed by atoms with Crippen molar-refractivity contribution >= 4 is 6.29 Å². The molecule has 0 aromatic heterocycles. The molecular formula is C17H28O2. The molecule has 1 rings (SSSR count). The number of hydrogen-bond acceptors (Lipinski definition) is 2. The van der Waals surface area contributed by atoms with Crippen LogP contribution >= 0.6 is 0 Å². The molecular weight excluding hydrogens is 236 g/mol. The third-order valence-electron chi connectivity index (χ3n) is 4.16. The van der Waals surface area contributed by atoms with Gasteiger partial charge in [0.25, 0.3) is 0 Å². The van der Waals surface area contributed by atoms with Crippen molar-refractivity contribution in [3.05, 3.63) is 23.8 Å². The van der Waals surface area contributed by atoms with Crippen LogP contribution in [0.4, 0.5) is 0 Å². The van der Waals surface area contributed by atoms with Crippen molar-refractivity contribution in [2.24, 2.45) is 11.8 Å². The number of rotatable bonds is 9. The van der Waals surface area contributed by atoms with E-state index in [2.05, 4.69) is 13.8 Å². The summed E-state index contributed by atoms with van der Waals surface area (Å²) in [4.78, 5) is 11.4. The summed E-state index contributed by atoms with van der Waals surface area (Å²) in [5.41, 5.74) is 0.647. The maximum Gasteiger partial charge on any atom is 0.126 e. The molecule has 0 aromatic rings. The van der Waals surface area contributed by atoms with Gasteiger partial charge in [-0.05, 0) is 30.9 Å². The quantitative estimate of drug-likeness (QED) is 0.458. The average molecular weight is 264 g/mol. The molecule has 0 spiro atoms. The molecule has 19 heavy (non-hydrogen) atoms. The van der Waals surface area contributed by atoms with E-state index in [1.54, 1.807) is 7.11 Å². The summed E-state index contributed by atoms with van der Waals surface area (Å²) in [6.07, 6.45) is 12.9. The van der Waals surface area contributed by atoms with Crippen molar-refractivity contribution < 1.29 is 9.53 Å². The van der Waals surface area contributed by atoms with E-state index < -0.39 is 5.60 Å².